The summed E-state index contributed by atoms with van der Waals surface area (Å²) in [5.41, 5.74) is -0.266. The summed E-state index contributed by atoms with van der Waals surface area (Å²) in [6.07, 6.45) is 1.25. The fourth-order valence-electron chi connectivity index (χ4n) is 1.62. The molecule has 3 N–H and O–H groups in total. The number of hydrogen-bond donors (Lipinski definition) is 3. The zero-order valence-corrected chi connectivity index (χ0v) is 8.04. The Morgan fingerprint density at radius 1 is 1.71 bits per heavy atom. The van der Waals surface area contributed by atoms with Crippen LogP contribution in [0.2, 0.25) is 0 Å². The second kappa shape index (κ2) is 3.93. The van der Waals surface area contributed by atoms with Crippen molar-refractivity contribution in [3.8, 4) is 0 Å². The zero-order valence-electron chi connectivity index (χ0n) is 8.04. The molecule has 0 aromatic carbocycles. The molecule has 6 heteroatoms. The van der Waals surface area contributed by atoms with Crippen LogP contribution in [0.5, 0.6) is 0 Å². The molecule has 2 atom stereocenters. The largest absolute Gasteiger partial charge is 0.377 e. The van der Waals surface area contributed by atoms with Crippen LogP contribution in [0.4, 0.5) is 0 Å². The van der Waals surface area contributed by atoms with Gasteiger partial charge in [-0.2, -0.15) is 5.10 Å². The zero-order chi connectivity index (χ0) is 9.97. The number of hydrogen-bond acceptors (Lipinski definition) is 4. The first-order valence-corrected chi connectivity index (χ1v) is 4.74. The molecule has 0 saturated carbocycles. The number of aromatic nitrogens is 3. The van der Waals surface area contributed by atoms with Gasteiger partial charge in [0.25, 0.3) is 0 Å². The average molecular weight is 198 g/mol. The molecule has 78 valence electrons. The molecule has 0 aliphatic carbocycles. The first-order valence-electron chi connectivity index (χ1n) is 4.74. The lowest BCUT2D eigenvalue weighted by Crippen LogP contribution is -2.34. The molecule has 2 heterocycles. The molecule has 1 aromatic rings. The number of rotatable bonds is 3. The van der Waals surface area contributed by atoms with Crippen molar-refractivity contribution < 1.29 is 4.74 Å². The maximum atomic E-state index is 10.7. The summed E-state index contributed by atoms with van der Waals surface area (Å²) in [5.74, 6) is 0.633. The van der Waals surface area contributed by atoms with Crippen LogP contribution in [0, 0.1) is 0 Å². The van der Waals surface area contributed by atoms with Gasteiger partial charge in [-0.3, -0.25) is 4.98 Å². The summed E-state index contributed by atoms with van der Waals surface area (Å²) in [6, 6.07) is 0.357. The van der Waals surface area contributed by atoms with Gasteiger partial charge in [-0.15, -0.1) is 0 Å². The highest BCUT2D eigenvalue weighted by Gasteiger charge is 2.23. The summed E-state index contributed by atoms with van der Waals surface area (Å²) in [4.78, 5) is 13.3. The molecule has 0 amide bonds. The molecule has 0 unspecified atom stereocenters. The Hall–Kier alpha value is -1.14. The average Bonchev–Trinajstić information content (AvgIpc) is 2.72. The lowest BCUT2D eigenvalue weighted by atomic mass is 10.1. The van der Waals surface area contributed by atoms with Crippen molar-refractivity contribution >= 4 is 0 Å². The Morgan fingerprint density at radius 2 is 2.57 bits per heavy atom. The molecule has 1 aromatic heterocycles. The second-order valence-corrected chi connectivity index (χ2v) is 3.48. The Morgan fingerprint density at radius 3 is 3.14 bits per heavy atom. The van der Waals surface area contributed by atoms with Crippen LogP contribution in [0.25, 0.3) is 0 Å². The minimum atomic E-state index is -0.266. The first-order chi connectivity index (χ1) is 6.75. The van der Waals surface area contributed by atoms with E-state index in [1.165, 1.54) is 0 Å². The van der Waals surface area contributed by atoms with Crippen LogP contribution in [0.15, 0.2) is 4.79 Å². The van der Waals surface area contributed by atoms with Crippen LogP contribution in [0.3, 0.4) is 0 Å². The number of ether oxygens (including phenoxy) is 1. The van der Waals surface area contributed by atoms with Crippen LogP contribution < -0.4 is 11.0 Å². The third kappa shape index (κ3) is 2.02. The highest BCUT2D eigenvalue weighted by atomic mass is 16.5. The van der Waals surface area contributed by atoms with Gasteiger partial charge in [0.2, 0.25) is 0 Å². The topological polar surface area (TPSA) is 82.8 Å². The van der Waals surface area contributed by atoms with Crippen molar-refractivity contribution in [2.24, 2.45) is 0 Å². The van der Waals surface area contributed by atoms with E-state index in [1.54, 1.807) is 0 Å². The molecule has 1 aliphatic rings. The van der Waals surface area contributed by atoms with Gasteiger partial charge in [0.05, 0.1) is 12.6 Å². The second-order valence-electron chi connectivity index (χ2n) is 3.48. The lowest BCUT2D eigenvalue weighted by Gasteiger charge is -2.14. The maximum absolute atomic E-state index is 10.7. The van der Waals surface area contributed by atoms with E-state index in [1.807, 2.05) is 6.92 Å². The van der Waals surface area contributed by atoms with E-state index in [-0.39, 0.29) is 11.8 Å². The van der Waals surface area contributed by atoms with Crippen LogP contribution in [-0.2, 0) is 11.3 Å². The number of nitrogens with zero attached hydrogens (tertiary/aromatic N) is 1. The molecular weight excluding hydrogens is 184 g/mol. The minimum Gasteiger partial charge on any atom is -0.377 e. The highest BCUT2D eigenvalue weighted by molar-refractivity contribution is 4.84. The Balaban J connectivity index is 1.85. The van der Waals surface area contributed by atoms with Crippen molar-refractivity contribution in [2.45, 2.75) is 32.0 Å². The molecular formula is C8H14N4O2. The minimum absolute atomic E-state index is 0.237. The quantitative estimate of drug-likeness (QED) is 0.603. The van der Waals surface area contributed by atoms with Gasteiger partial charge in [-0.05, 0) is 13.3 Å². The Bertz CT molecular complexity index is 345. The smallest absolute Gasteiger partial charge is 0.340 e. The first kappa shape index (κ1) is 9.42. The predicted octanol–water partition coefficient (Wildman–Crippen LogP) is -0.635. The molecule has 1 saturated heterocycles. The predicted molar refractivity (Wildman–Crippen MR) is 49.9 cm³/mol. The summed E-state index contributed by atoms with van der Waals surface area (Å²) in [7, 11) is 0. The molecule has 1 aliphatic heterocycles. The van der Waals surface area contributed by atoms with E-state index in [2.05, 4.69) is 20.5 Å². The summed E-state index contributed by atoms with van der Waals surface area (Å²) < 4.78 is 5.40. The normalized spacial score (nSPS) is 26.9. The summed E-state index contributed by atoms with van der Waals surface area (Å²) >= 11 is 0. The van der Waals surface area contributed by atoms with Crippen molar-refractivity contribution in [3.05, 3.63) is 16.3 Å². The molecule has 14 heavy (non-hydrogen) atoms. The van der Waals surface area contributed by atoms with E-state index in [0.29, 0.717) is 18.4 Å². The SMILES string of the molecule is C[C@H]1OCC[C@H]1NCc1n[nH]c(=O)[nH]1. The molecule has 0 bridgehead atoms. The summed E-state index contributed by atoms with van der Waals surface area (Å²) in [6.45, 7) is 3.41. The Kier molecular flexibility index (Phi) is 2.64. The van der Waals surface area contributed by atoms with Gasteiger partial charge in [0, 0.05) is 12.6 Å². The van der Waals surface area contributed by atoms with Crippen molar-refractivity contribution in [1.29, 1.82) is 0 Å². The lowest BCUT2D eigenvalue weighted by molar-refractivity contribution is 0.113. The van der Waals surface area contributed by atoms with Gasteiger partial charge in [0.1, 0.15) is 5.82 Å². The van der Waals surface area contributed by atoms with Gasteiger partial charge in [0.15, 0.2) is 0 Å². The highest BCUT2D eigenvalue weighted by Crippen LogP contribution is 2.12. The standard InChI is InChI=1S/C8H14N4O2/c1-5-6(2-3-14-5)9-4-7-10-8(13)12-11-7/h5-6,9H,2-4H2,1H3,(H2,10,11,12,13)/t5-,6-/m1/s1. The van der Waals surface area contributed by atoms with Crippen molar-refractivity contribution in [1.82, 2.24) is 20.5 Å². The van der Waals surface area contributed by atoms with Crippen LogP contribution >= 0.6 is 0 Å². The number of nitrogens with one attached hydrogen (secondary N) is 3. The summed E-state index contributed by atoms with van der Waals surface area (Å²) in [5, 5.41) is 9.41. The van der Waals surface area contributed by atoms with Gasteiger partial charge >= 0.3 is 5.69 Å². The van der Waals surface area contributed by atoms with E-state index < -0.39 is 0 Å². The fourth-order valence-corrected chi connectivity index (χ4v) is 1.62. The van der Waals surface area contributed by atoms with Crippen LogP contribution in [0.1, 0.15) is 19.2 Å². The molecule has 0 radical (unpaired) electrons. The molecule has 2 rings (SSSR count). The van der Waals surface area contributed by atoms with Crippen molar-refractivity contribution in [2.75, 3.05) is 6.61 Å². The molecule has 0 spiro atoms. The van der Waals surface area contributed by atoms with Crippen LogP contribution in [-0.4, -0.2) is 33.9 Å². The van der Waals surface area contributed by atoms with Gasteiger partial charge in [-0.25, -0.2) is 9.89 Å². The Labute approximate surface area is 81.1 Å². The number of aromatic amines is 2. The van der Waals surface area contributed by atoms with Gasteiger partial charge < -0.3 is 10.1 Å². The third-order valence-corrected chi connectivity index (χ3v) is 2.46. The van der Waals surface area contributed by atoms with Crippen molar-refractivity contribution in [3.63, 3.8) is 0 Å². The van der Waals surface area contributed by atoms with Gasteiger partial charge in [-0.1, -0.05) is 0 Å². The fraction of sp³-hybridized carbons (Fsp3) is 0.750. The van der Waals surface area contributed by atoms with E-state index in [4.69, 9.17) is 4.74 Å². The molecule has 6 nitrogen and oxygen atoms in total. The third-order valence-electron chi connectivity index (χ3n) is 2.46. The maximum Gasteiger partial charge on any atom is 0.340 e. The monoisotopic (exact) mass is 198 g/mol. The van der Waals surface area contributed by atoms with E-state index in [9.17, 15) is 4.79 Å². The van der Waals surface area contributed by atoms with E-state index in [0.717, 1.165) is 13.0 Å². The molecule has 1 fully saturated rings. The van der Waals surface area contributed by atoms with E-state index >= 15 is 0 Å². The number of H-pyrrole nitrogens is 2.